The van der Waals surface area contributed by atoms with E-state index in [4.69, 9.17) is 11.6 Å². The molecular weight excluding hydrogens is 288 g/mol. The molecule has 2 saturated heterocycles. The summed E-state index contributed by atoms with van der Waals surface area (Å²) in [5.74, 6) is 0. The maximum Gasteiger partial charge on any atom is 0.317 e. The normalized spacial score (nSPS) is 25.4. The molecule has 0 aromatic heterocycles. The molecule has 2 atom stereocenters. The zero-order valence-electron chi connectivity index (χ0n) is 11.8. The SMILES string of the molecule is CN1C(=O)N[C@@H]2CN(Cc3ccc(Cl)cc3C#N)CC[C@@H]21. The number of hydrogen-bond donors (Lipinski definition) is 1. The van der Waals surface area contributed by atoms with Crippen LogP contribution in [0.4, 0.5) is 4.79 Å². The van der Waals surface area contributed by atoms with Crippen molar-refractivity contribution in [1.82, 2.24) is 15.1 Å². The summed E-state index contributed by atoms with van der Waals surface area (Å²) < 4.78 is 0. The van der Waals surface area contributed by atoms with Gasteiger partial charge in [0.25, 0.3) is 0 Å². The highest BCUT2D eigenvalue weighted by atomic mass is 35.5. The number of fused-ring (bicyclic) bond motifs is 1. The molecule has 110 valence electrons. The molecule has 2 aliphatic heterocycles. The van der Waals surface area contributed by atoms with Gasteiger partial charge in [-0.1, -0.05) is 17.7 Å². The zero-order valence-corrected chi connectivity index (χ0v) is 12.6. The third-order valence-electron chi connectivity index (χ3n) is 4.37. The Kier molecular flexibility index (Phi) is 3.75. The topological polar surface area (TPSA) is 59.4 Å². The van der Waals surface area contributed by atoms with Gasteiger partial charge in [-0.05, 0) is 24.1 Å². The van der Waals surface area contributed by atoms with Gasteiger partial charge in [-0.3, -0.25) is 4.90 Å². The fourth-order valence-electron chi connectivity index (χ4n) is 3.20. The predicted molar refractivity (Wildman–Crippen MR) is 79.9 cm³/mol. The van der Waals surface area contributed by atoms with Crippen LogP contribution in [0.15, 0.2) is 18.2 Å². The van der Waals surface area contributed by atoms with Gasteiger partial charge >= 0.3 is 6.03 Å². The van der Waals surface area contributed by atoms with Crippen molar-refractivity contribution in [2.75, 3.05) is 20.1 Å². The monoisotopic (exact) mass is 304 g/mol. The van der Waals surface area contributed by atoms with Gasteiger partial charge in [0.05, 0.1) is 23.7 Å². The van der Waals surface area contributed by atoms with Gasteiger partial charge in [0.15, 0.2) is 0 Å². The molecule has 1 N–H and O–H groups in total. The number of amides is 2. The third kappa shape index (κ3) is 2.69. The van der Waals surface area contributed by atoms with Gasteiger partial charge in [0.1, 0.15) is 0 Å². The lowest BCUT2D eigenvalue weighted by molar-refractivity contribution is 0.147. The molecule has 0 spiro atoms. The second-order valence-electron chi connectivity index (χ2n) is 5.67. The number of likely N-dealkylation sites (tertiary alicyclic amines) is 1. The Balaban J connectivity index is 1.70. The molecule has 2 heterocycles. The first kappa shape index (κ1) is 14.2. The van der Waals surface area contributed by atoms with Crippen LogP contribution in [0.1, 0.15) is 17.5 Å². The summed E-state index contributed by atoms with van der Waals surface area (Å²) >= 11 is 5.93. The number of likely N-dealkylation sites (N-methyl/N-ethyl adjacent to an activating group) is 1. The first-order valence-electron chi connectivity index (χ1n) is 7.02. The molecule has 5 nitrogen and oxygen atoms in total. The Morgan fingerprint density at radius 1 is 1.52 bits per heavy atom. The number of halogens is 1. The average molecular weight is 305 g/mol. The molecule has 2 fully saturated rings. The van der Waals surface area contributed by atoms with Crippen LogP contribution >= 0.6 is 11.6 Å². The Bertz CT molecular complexity index is 612. The van der Waals surface area contributed by atoms with Crippen LogP contribution < -0.4 is 5.32 Å². The lowest BCUT2D eigenvalue weighted by Gasteiger charge is -2.35. The van der Waals surface area contributed by atoms with Crippen LogP contribution in [0, 0.1) is 11.3 Å². The molecule has 1 aromatic rings. The lowest BCUT2D eigenvalue weighted by Crippen LogP contribution is -2.50. The highest BCUT2D eigenvalue weighted by Gasteiger charge is 2.40. The van der Waals surface area contributed by atoms with Crippen LogP contribution in [0.2, 0.25) is 5.02 Å². The summed E-state index contributed by atoms with van der Waals surface area (Å²) in [6.45, 7) is 2.45. The predicted octanol–water partition coefficient (Wildman–Crippen LogP) is 1.81. The third-order valence-corrected chi connectivity index (χ3v) is 4.61. The van der Waals surface area contributed by atoms with Crippen molar-refractivity contribution in [1.29, 1.82) is 5.26 Å². The van der Waals surface area contributed by atoms with Gasteiger partial charge in [0, 0.05) is 31.7 Å². The van der Waals surface area contributed by atoms with E-state index in [0.717, 1.165) is 25.1 Å². The van der Waals surface area contributed by atoms with Crippen LogP contribution in [-0.4, -0.2) is 48.1 Å². The molecule has 0 aliphatic carbocycles. The molecule has 3 rings (SSSR count). The minimum atomic E-state index is 0.0102. The van der Waals surface area contributed by atoms with E-state index in [9.17, 15) is 10.1 Å². The number of benzene rings is 1. The summed E-state index contributed by atoms with van der Waals surface area (Å²) in [6.07, 6.45) is 0.954. The van der Waals surface area contributed by atoms with Gasteiger partial charge in [-0.2, -0.15) is 5.26 Å². The summed E-state index contributed by atoms with van der Waals surface area (Å²) in [4.78, 5) is 15.8. The molecule has 0 bridgehead atoms. The van der Waals surface area contributed by atoms with Gasteiger partial charge < -0.3 is 10.2 Å². The summed E-state index contributed by atoms with van der Waals surface area (Å²) in [5.41, 5.74) is 1.61. The van der Waals surface area contributed by atoms with Crippen LogP contribution in [-0.2, 0) is 6.54 Å². The van der Waals surface area contributed by atoms with Gasteiger partial charge in [-0.15, -0.1) is 0 Å². The van der Waals surface area contributed by atoms with Crippen LogP contribution in [0.3, 0.4) is 0 Å². The number of carbonyl (C=O) groups excluding carboxylic acids is 1. The van der Waals surface area contributed by atoms with Crippen molar-refractivity contribution in [2.24, 2.45) is 0 Å². The van der Waals surface area contributed by atoms with E-state index >= 15 is 0 Å². The van der Waals surface area contributed by atoms with Crippen molar-refractivity contribution in [3.05, 3.63) is 34.3 Å². The molecule has 0 radical (unpaired) electrons. The standard InChI is InChI=1S/C15H17ClN4O/c1-19-14-4-5-20(9-13(14)18-15(19)21)8-10-2-3-12(16)6-11(10)7-17/h2-3,6,13-14H,4-5,8-9H2,1H3,(H,18,21)/t13-,14+/m1/s1. The summed E-state index contributed by atoms with van der Waals surface area (Å²) in [6, 6.07) is 8.10. The second kappa shape index (κ2) is 5.55. The van der Waals surface area contributed by atoms with E-state index in [1.807, 2.05) is 19.2 Å². The zero-order chi connectivity index (χ0) is 15.0. The van der Waals surface area contributed by atoms with E-state index in [-0.39, 0.29) is 18.1 Å². The largest absolute Gasteiger partial charge is 0.332 e. The number of nitrogens with zero attached hydrogens (tertiary/aromatic N) is 3. The Morgan fingerprint density at radius 2 is 2.33 bits per heavy atom. The number of rotatable bonds is 2. The number of urea groups is 1. The minimum Gasteiger partial charge on any atom is -0.332 e. The minimum absolute atomic E-state index is 0.0102. The molecule has 6 heteroatoms. The maximum absolute atomic E-state index is 11.7. The number of carbonyl (C=O) groups is 1. The summed E-state index contributed by atoms with van der Waals surface area (Å²) in [5, 5.41) is 12.8. The molecule has 2 amide bonds. The smallest absolute Gasteiger partial charge is 0.317 e. The quantitative estimate of drug-likeness (QED) is 0.906. The first-order valence-corrected chi connectivity index (χ1v) is 7.40. The molecule has 1 aromatic carbocycles. The molecule has 0 unspecified atom stereocenters. The van der Waals surface area contributed by atoms with Crippen molar-refractivity contribution < 1.29 is 4.79 Å². The number of nitriles is 1. The van der Waals surface area contributed by atoms with Crippen LogP contribution in [0.5, 0.6) is 0 Å². The Labute approximate surface area is 129 Å². The fourth-order valence-corrected chi connectivity index (χ4v) is 3.37. The van der Waals surface area contributed by atoms with Crippen molar-refractivity contribution in [2.45, 2.75) is 25.0 Å². The van der Waals surface area contributed by atoms with Crippen molar-refractivity contribution >= 4 is 17.6 Å². The number of piperidine rings is 1. The number of nitrogens with one attached hydrogen (secondary N) is 1. The van der Waals surface area contributed by atoms with E-state index in [0.29, 0.717) is 17.1 Å². The van der Waals surface area contributed by atoms with Gasteiger partial charge in [0.2, 0.25) is 0 Å². The lowest BCUT2D eigenvalue weighted by atomic mass is 9.99. The fraction of sp³-hybridized carbons (Fsp3) is 0.467. The molecule has 0 saturated carbocycles. The van der Waals surface area contributed by atoms with E-state index in [1.165, 1.54) is 0 Å². The maximum atomic E-state index is 11.7. The van der Waals surface area contributed by atoms with Crippen molar-refractivity contribution in [3.63, 3.8) is 0 Å². The highest BCUT2D eigenvalue weighted by molar-refractivity contribution is 6.30. The number of hydrogen-bond acceptors (Lipinski definition) is 3. The van der Waals surface area contributed by atoms with E-state index in [2.05, 4.69) is 16.3 Å². The molecule has 21 heavy (non-hydrogen) atoms. The first-order chi connectivity index (χ1) is 10.1. The van der Waals surface area contributed by atoms with E-state index in [1.54, 1.807) is 11.0 Å². The van der Waals surface area contributed by atoms with Crippen molar-refractivity contribution in [3.8, 4) is 6.07 Å². The molecular formula is C15H17ClN4O. The Morgan fingerprint density at radius 3 is 3.10 bits per heavy atom. The average Bonchev–Trinajstić information content (AvgIpc) is 2.75. The highest BCUT2D eigenvalue weighted by Crippen LogP contribution is 2.24. The Hall–Kier alpha value is -1.77. The molecule has 2 aliphatic rings. The van der Waals surface area contributed by atoms with Crippen LogP contribution in [0.25, 0.3) is 0 Å². The second-order valence-corrected chi connectivity index (χ2v) is 6.11. The van der Waals surface area contributed by atoms with Gasteiger partial charge in [-0.25, -0.2) is 4.79 Å². The summed E-state index contributed by atoms with van der Waals surface area (Å²) in [7, 11) is 1.85. The van der Waals surface area contributed by atoms with E-state index < -0.39 is 0 Å².